The summed E-state index contributed by atoms with van der Waals surface area (Å²) in [7, 11) is 0. The monoisotopic (exact) mass is 569 g/mol. The number of aromatic nitrogens is 3. The zero-order valence-electron chi connectivity index (χ0n) is 21.0. The molecule has 0 radical (unpaired) electrons. The third-order valence-corrected chi connectivity index (χ3v) is 7.11. The SMILES string of the molecule is CCOc1ccc(-n2c(C)nnc2S[C@@H](C[N+](=O)[O-])c2ccc(OCc3ccc([N+](=O)[O-])cc3)c(Cl)c2)cc1. The van der Waals surface area contributed by atoms with Crippen molar-refractivity contribution >= 4 is 29.1 Å². The number of benzene rings is 3. The van der Waals surface area contributed by atoms with Crippen LogP contribution in [0.5, 0.6) is 11.5 Å². The second kappa shape index (κ2) is 12.6. The van der Waals surface area contributed by atoms with E-state index in [0.29, 0.717) is 28.9 Å². The summed E-state index contributed by atoms with van der Waals surface area (Å²) in [6.45, 7) is 4.06. The van der Waals surface area contributed by atoms with E-state index in [9.17, 15) is 20.2 Å². The maximum absolute atomic E-state index is 11.5. The largest absolute Gasteiger partial charge is 0.494 e. The van der Waals surface area contributed by atoms with Gasteiger partial charge in [-0.3, -0.25) is 24.8 Å². The van der Waals surface area contributed by atoms with E-state index in [2.05, 4.69) is 10.2 Å². The highest BCUT2D eigenvalue weighted by atomic mass is 35.5. The van der Waals surface area contributed by atoms with Gasteiger partial charge in [-0.2, -0.15) is 0 Å². The van der Waals surface area contributed by atoms with Gasteiger partial charge >= 0.3 is 0 Å². The van der Waals surface area contributed by atoms with Crippen LogP contribution in [0.1, 0.15) is 29.1 Å². The van der Waals surface area contributed by atoms with Crippen LogP contribution in [0.15, 0.2) is 71.9 Å². The van der Waals surface area contributed by atoms with Crippen molar-refractivity contribution in [3.63, 3.8) is 0 Å². The molecule has 0 unspecified atom stereocenters. The van der Waals surface area contributed by atoms with Crippen LogP contribution >= 0.6 is 23.4 Å². The molecule has 4 aromatic rings. The molecule has 1 heterocycles. The predicted octanol–water partition coefficient (Wildman–Crippen LogP) is 6.23. The topological polar surface area (TPSA) is 135 Å². The van der Waals surface area contributed by atoms with Crippen molar-refractivity contribution in [1.82, 2.24) is 14.8 Å². The Morgan fingerprint density at radius 1 is 1.00 bits per heavy atom. The van der Waals surface area contributed by atoms with Crippen LogP contribution in [0, 0.1) is 27.2 Å². The highest BCUT2D eigenvalue weighted by Crippen LogP contribution is 2.39. The third-order valence-electron chi connectivity index (χ3n) is 5.63. The predicted molar refractivity (Wildman–Crippen MR) is 147 cm³/mol. The Kier molecular flexibility index (Phi) is 8.99. The number of aryl methyl sites for hydroxylation is 1. The minimum Gasteiger partial charge on any atom is -0.494 e. The first-order valence-corrected chi connectivity index (χ1v) is 13.1. The number of nitro benzene ring substituents is 1. The van der Waals surface area contributed by atoms with Crippen LogP contribution in [0.2, 0.25) is 5.02 Å². The zero-order valence-corrected chi connectivity index (χ0v) is 22.6. The Morgan fingerprint density at radius 3 is 2.33 bits per heavy atom. The van der Waals surface area contributed by atoms with Crippen molar-refractivity contribution < 1.29 is 19.3 Å². The van der Waals surface area contributed by atoms with Crippen molar-refractivity contribution in [2.24, 2.45) is 0 Å². The highest BCUT2D eigenvalue weighted by molar-refractivity contribution is 7.99. The van der Waals surface area contributed by atoms with Crippen molar-refractivity contribution in [2.75, 3.05) is 13.2 Å². The van der Waals surface area contributed by atoms with E-state index in [0.717, 1.165) is 17.0 Å². The third kappa shape index (κ3) is 7.03. The molecule has 0 spiro atoms. The van der Waals surface area contributed by atoms with Gasteiger partial charge in [0.1, 0.15) is 29.2 Å². The molecular weight excluding hydrogens is 546 g/mol. The first-order valence-electron chi connectivity index (χ1n) is 11.8. The molecule has 0 fully saturated rings. The molecule has 0 aliphatic heterocycles. The molecule has 0 amide bonds. The van der Waals surface area contributed by atoms with Crippen LogP contribution in [0.3, 0.4) is 0 Å². The molecule has 0 aliphatic carbocycles. The maximum atomic E-state index is 11.5. The van der Waals surface area contributed by atoms with Crippen LogP contribution < -0.4 is 9.47 Å². The lowest BCUT2D eigenvalue weighted by atomic mass is 10.1. The number of ether oxygens (including phenoxy) is 2. The Morgan fingerprint density at radius 2 is 1.72 bits per heavy atom. The first kappa shape index (κ1) is 27.9. The van der Waals surface area contributed by atoms with Crippen molar-refractivity contribution in [2.45, 2.75) is 30.9 Å². The second-order valence-corrected chi connectivity index (χ2v) is 9.89. The van der Waals surface area contributed by atoms with E-state index < -0.39 is 10.2 Å². The number of hydrogen-bond donors (Lipinski definition) is 0. The van der Waals surface area contributed by atoms with Gasteiger partial charge in [-0.15, -0.1) is 10.2 Å². The standard InChI is InChI=1S/C26H24ClN5O6S/c1-3-37-22-11-9-20(10-12-22)31-17(2)28-29-26(31)39-25(15-30(33)34)19-6-13-24(23(27)14-19)38-16-18-4-7-21(8-5-18)32(35)36/h4-14,25H,3,15-16H2,1-2H3/t25-/m0/s1. The van der Waals surface area contributed by atoms with E-state index in [-0.39, 0.29) is 28.8 Å². The molecule has 3 aromatic carbocycles. The number of hydrogen-bond acceptors (Lipinski definition) is 9. The summed E-state index contributed by atoms with van der Waals surface area (Å²) < 4.78 is 13.1. The Bertz CT molecular complexity index is 1460. The molecule has 0 bridgehead atoms. The fraction of sp³-hybridized carbons (Fsp3) is 0.231. The lowest BCUT2D eigenvalue weighted by molar-refractivity contribution is -0.479. The quantitative estimate of drug-likeness (QED) is 0.110. The summed E-state index contributed by atoms with van der Waals surface area (Å²) >= 11 is 7.70. The second-order valence-electron chi connectivity index (χ2n) is 8.32. The molecule has 0 saturated heterocycles. The number of halogens is 1. The Labute approximate surface area is 233 Å². The van der Waals surface area contributed by atoms with Gasteiger partial charge in [0, 0.05) is 22.7 Å². The van der Waals surface area contributed by atoms with E-state index in [1.54, 1.807) is 30.3 Å². The van der Waals surface area contributed by atoms with Crippen LogP contribution in [0.4, 0.5) is 5.69 Å². The van der Waals surface area contributed by atoms with Gasteiger partial charge in [0.2, 0.25) is 6.54 Å². The maximum Gasteiger partial charge on any atom is 0.269 e. The molecule has 13 heteroatoms. The smallest absolute Gasteiger partial charge is 0.269 e. The molecule has 0 saturated carbocycles. The summed E-state index contributed by atoms with van der Waals surface area (Å²) in [5, 5.41) is 31.0. The van der Waals surface area contributed by atoms with Gasteiger partial charge in [-0.05, 0) is 73.5 Å². The molecule has 1 atom stereocenters. The number of nitro groups is 2. The Hall–Kier alpha value is -4.16. The van der Waals surface area contributed by atoms with Crippen molar-refractivity contribution in [1.29, 1.82) is 0 Å². The van der Waals surface area contributed by atoms with Crippen molar-refractivity contribution in [3.05, 3.63) is 109 Å². The van der Waals surface area contributed by atoms with E-state index in [1.165, 1.54) is 23.9 Å². The fourth-order valence-electron chi connectivity index (χ4n) is 3.76. The lowest BCUT2D eigenvalue weighted by Gasteiger charge is -2.16. The normalized spacial score (nSPS) is 11.7. The molecule has 0 aliphatic rings. The van der Waals surface area contributed by atoms with E-state index in [4.69, 9.17) is 21.1 Å². The lowest BCUT2D eigenvalue weighted by Crippen LogP contribution is -2.11. The molecule has 0 N–H and O–H groups in total. The Balaban J connectivity index is 1.53. The number of thioether (sulfide) groups is 1. The number of rotatable bonds is 12. The van der Waals surface area contributed by atoms with Crippen molar-refractivity contribution in [3.8, 4) is 17.2 Å². The molecule has 39 heavy (non-hydrogen) atoms. The van der Waals surface area contributed by atoms with Crippen LogP contribution in [0.25, 0.3) is 5.69 Å². The molecule has 11 nitrogen and oxygen atoms in total. The van der Waals surface area contributed by atoms with E-state index >= 15 is 0 Å². The molecule has 4 rings (SSSR count). The first-order chi connectivity index (χ1) is 18.7. The average molecular weight is 570 g/mol. The van der Waals surface area contributed by atoms with Gasteiger partial charge in [0.05, 0.1) is 16.6 Å². The summed E-state index contributed by atoms with van der Waals surface area (Å²) in [5.41, 5.74) is 2.15. The number of nitrogens with zero attached hydrogens (tertiary/aromatic N) is 5. The molecule has 1 aromatic heterocycles. The van der Waals surface area contributed by atoms with Gasteiger partial charge in [-0.25, -0.2) is 0 Å². The minimum atomic E-state index is -0.605. The van der Waals surface area contributed by atoms with Gasteiger partial charge < -0.3 is 9.47 Å². The number of non-ortho nitro benzene ring substituents is 1. The average Bonchev–Trinajstić information content (AvgIpc) is 3.27. The summed E-state index contributed by atoms with van der Waals surface area (Å²) in [6, 6.07) is 18.5. The van der Waals surface area contributed by atoms with Gasteiger partial charge in [0.15, 0.2) is 5.16 Å². The van der Waals surface area contributed by atoms with Gasteiger partial charge in [0.25, 0.3) is 5.69 Å². The van der Waals surface area contributed by atoms with Crippen LogP contribution in [-0.2, 0) is 6.61 Å². The summed E-state index contributed by atoms with van der Waals surface area (Å²) in [5.74, 6) is 1.75. The summed E-state index contributed by atoms with van der Waals surface area (Å²) in [6.07, 6.45) is 0. The fourth-order valence-corrected chi connectivity index (χ4v) is 5.17. The molecular formula is C26H24ClN5O6S. The zero-order chi connectivity index (χ0) is 27.9. The molecule has 202 valence electrons. The van der Waals surface area contributed by atoms with Crippen LogP contribution in [-0.4, -0.2) is 37.8 Å². The minimum absolute atomic E-state index is 0.0102. The van der Waals surface area contributed by atoms with E-state index in [1.807, 2.05) is 42.7 Å². The van der Waals surface area contributed by atoms with Gasteiger partial charge in [-0.1, -0.05) is 29.4 Å². The summed E-state index contributed by atoms with van der Waals surface area (Å²) in [4.78, 5) is 21.5. The highest BCUT2D eigenvalue weighted by Gasteiger charge is 2.25.